The van der Waals surface area contributed by atoms with Crippen LogP contribution >= 0.6 is 0 Å². The Hall–Kier alpha value is -2.35. The molecule has 1 N–H and O–H groups in total. The van der Waals surface area contributed by atoms with E-state index in [-0.39, 0.29) is 12.5 Å². The number of hydrogen-bond donors (Lipinski definition) is 1. The fourth-order valence-electron chi connectivity index (χ4n) is 2.33. The van der Waals surface area contributed by atoms with Crippen LogP contribution in [-0.2, 0) is 11.3 Å². The minimum absolute atomic E-state index is 0.212. The number of aliphatic hydroxyl groups is 1. The summed E-state index contributed by atoms with van der Waals surface area (Å²) in [4.78, 5) is 0. The van der Waals surface area contributed by atoms with Gasteiger partial charge in [0.15, 0.2) is 0 Å². The van der Waals surface area contributed by atoms with Crippen LogP contribution in [0.15, 0.2) is 54.6 Å². The van der Waals surface area contributed by atoms with Gasteiger partial charge in [-0.25, -0.2) is 0 Å². The maximum Gasteiger partial charge on any atom is 0.118 e. The van der Waals surface area contributed by atoms with Gasteiger partial charge in [-0.2, -0.15) is 5.26 Å². The zero-order chi connectivity index (χ0) is 16.5. The fraction of sp³-hybridized carbons (Fsp3) is 0.316. The molecular formula is C19H21NO3. The first-order valence-electron chi connectivity index (χ1n) is 7.56. The van der Waals surface area contributed by atoms with E-state index in [2.05, 4.69) is 6.07 Å². The number of methoxy groups -OCH3 is 1. The summed E-state index contributed by atoms with van der Waals surface area (Å²) in [6.07, 6.45) is -0.331. The maximum absolute atomic E-state index is 10.1. The Bertz CT molecular complexity index is 619. The Morgan fingerprint density at radius 1 is 1.09 bits per heavy atom. The lowest BCUT2D eigenvalue weighted by molar-refractivity contribution is 0.0232. The first-order valence-corrected chi connectivity index (χ1v) is 7.56. The quantitative estimate of drug-likeness (QED) is 0.812. The van der Waals surface area contributed by atoms with Gasteiger partial charge >= 0.3 is 0 Å². The zero-order valence-corrected chi connectivity index (χ0v) is 13.2. The summed E-state index contributed by atoms with van der Waals surface area (Å²) in [5, 5.41) is 19.4. The van der Waals surface area contributed by atoms with Gasteiger partial charge in [-0.05, 0) is 29.7 Å². The first kappa shape index (κ1) is 17.0. The van der Waals surface area contributed by atoms with Crippen molar-refractivity contribution in [1.82, 2.24) is 0 Å². The highest BCUT2D eigenvalue weighted by Gasteiger charge is 2.16. The van der Waals surface area contributed by atoms with Crippen LogP contribution in [0.3, 0.4) is 0 Å². The highest BCUT2D eigenvalue weighted by atomic mass is 16.5. The standard InChI is InChI=1S/C19H21NO3/c1-22-19-9-7-16(8-10-19)17(12-20)11-18(21)14-23-13-15-5-3-2-4-6-15/h2-10,17-18,21H,11,13-14H2,1H3/t17?,18-/m1/s1. The molecule has 4 heteroatoms. The molecule has 0 fully saturated rings. The second-order valence-electron chi connectivity index (χ2n) is 5.35. The van der Waals surface area contributed by atoms with E-state index in [9.17, 15) is 10.4 Å². The Morgan fingerprint density at radius 2 is 1.78 bits per heavy atom. The van der Waals surface area contributed by atoms with Gasteiger partial charge in [0.1, 0.15) is 5.75 Å². The second-order valence-corrected chi connectivity index (χ2v) is 5.35. The molecule has 2 atom stereocenters. The summed E-state index contributed by atoms with van der Waals surface area (Å²) in [6, 6.07) is 19.4. The lowest BCUT2D eigenvalue weighted by Gasteiger charge is -2.15. The summed E-state index contributed by atoms with van der Waals surface area (Å²) in [5.41, 5.74) is 1.93. The molecule has 0 heterocycles. The van der Waals surface area contributed by atoms with E-state index < -0.39 is 6.10 Å². The molecule has 2 aromatic rings. The summed E-state index contributed by atoms with van der Waals surface area (Å²) < 4.78 is 10.6. The van der Waals surface area contributed by atoms with E-state index in [1.807, 2.05) is 54.6 Å². The van der Waals surface area contributed by atoms with Gasteiger partial charge in [0.2, 0.25) is 0 Å². The number of nitriles is 1. The zero-order valence-electron chi connectivity index (χ0n) is 13.2. The smallest absolute Gasteiger partial charge is 0.118 e. The van der Waals surface area contributed by atoms with Gasteiger partial charge in [-0.1, -0.05) is 42.5 Å². The molecule has 0 spiro atoms. The van der Waals surface area contributed by atoms with Crippen LogP contribution in [0.2, 0.25) is 0 Å². The molecule has 120 valence electrons. The number of benzene rings is 2. The molecular weight excluding hydrogens is 290 g/mol. The lowest BCUT2D eigenvalue weighted by Crippen LogP contribution is -2.18. The van der Waals surface area contributed by atoms with E-state index in [4.69, 9.17) is 9.47 Å². The normalized spacial score (nSPS) is 13.1. The number of ether oxygens (including phenoxy) is 2. The van der Waals surface area contributed by atoms with Crippen molar-refractivity contribution in [2.75, 3.05) is 13.7 Å². The van der Waals surface area contributed by atoms with Crippen molar-refractivity contribution in [1.29, 1.82) is 5.26 Å². The Kier molecular flexibility index (Phi) is 6.61. The van der Waals surface area contributed by atoms with Gasteiger partial charge in [-0.15, -0.1) is 0 Å². The Balaban J connectivity index is 1.82. The average molecular weight is 311 g/mol. The minimum Gasteiger partial charge on any atom is -0.497 e. The van der Waals surface area contributed by atoms with Crippen LogP contribution in [0, 0.1) is 11.3 Å². The third-order valence-corrected chi connectivity index (χ3v) is 3.60. The molecule has 23 heavy (non-hydrogen) atoms. The van der Waals surface area contributed by atoms with Crippen LogP contribution < -0.4 is 4.74 Å². The summed E-state index contributed by atoms with van der Waals surface area (Å²) >= 11 is 0. The fourth-order valence-corrected chi connectivity index (χ4v) is 2.33. The summed E-state index contributed by atoms with van der Waals surface area (Å²) in [7, 11) is 1.60. The van der Waals surface area contributed by atoms with Gasteiger partial charge < -0.3 is 14.6 Å². The highest BCUT2D eigenvalue weighted by Crippen LogP contribution is 2.23. The largest absolute Gasteiger partial charge is 0.497 e. The molecule has 0 amide bonds. The molecule has 0 bridgehead atoms. The maximum atomic E-state index is 10.1. The molecule has 0 saturated heterocycles. The van der Waals surface area contributed by atoms with Crippen molar-refractivity contribution in [2.24, 2.45) is 0 Å². The molecule has 2 aromatic carbocycles. The van der Waals surface area contributed by atoms with Crippen LogP contribution in [0.1, 0.15) is 23.5 Å². The topological polar surface area (TPSA) is 62.5 Å². The molecule has 2 rings (SSSR count). The van der Waals surface area contributed by atoms with Crippen LogP contribution in [-0.4, -0.2) is 24.9 Å². The van der Waals surface area contributed by atoms with E-state index in [0.717, 1.165) is 16.9 Å². The number of aliphatic hydroxyl groups excluding tert-OH is 1. The minimum atomic E-state index is -0.675. The summed E-state index contributed by atoms with van der Waals surface area (Å²) in [6.45, 7) is 0.668. The van der Waals surface area contributed by atoms with E-state index >= 15 is 0 Å². The van der Waals surface area contributed by atoms with Gasteiger partial charge in [0.05, 0.1) is 38.4 Å². The van der Waals surface area contributed by atoms with E-state index in [0.29, 0.717) is 13.0 Å². The molecule has 0 aromatic heterocycles. The molecule has 4 nitrogen and oxygen atoms in total. The molecule has 0 aliphatic heterocycles. The number of nitrogens with zero attached hydrogens (tertiary/aromatic N) is 1. The van der Waals surface area contributed by atoms with Gasteiger partial charge in [0, 0.05) is 0 Å². The van der Waals surface area contributed by atoms with Crippen LogP contribution in [0.4, 0.5) is 0 Å². The van der Waals surface area contributed by atoms with Crippen molar-refractivity contribution in [3.05, 3.63) is 65.7 Å². The third kappa shape index (κ3) is 5.41. The Morgan fingerprint density at radius 3 is 2.39 bits per heavy atom. The number of rotatable bonds is 8. The number of hydrogen-bond acceptors (Lipinski definition) is 4. The summed E-state index contributed by atoms with van der Waals surface area (Å²) in [5.74, 6) is 0.383. The first-order chi connectivity index (χ1) is 11.2. The molecule has 0 saturated carbocycles. The Labute approximate surface area is 136 Å². The molecule has 0 aliphatic carbocycles. The lowest BCUT2D eigenvalue weighted by atomic mass is 9.94. The van der Waals surface area contributed by atoms with Gasteiger partial charge in [-0.3, -0.25) is 0 Å². The monoisotopic (exact) mass is 311 g/mol. The second kappa shape index (κ2) is 8.94. The van der Waals surface area contributed by atoms with Crippen molar-refractivity contribution in [3.8, 4) is 11.8 Å². The molecule has 1 unspecified atom stereocenters. The van der Waals surface area contributed by atoms with E-state index in [1.165, 1.54) is 0 Å². The molecule has 0 radical (unpaired) electrons. The SMILES string of the molecule is COc1ccc(C(C#N)C[C@@H](O)COCc2ccccc2)cc1. The van der Waals surface area contributed by atoms with Crippen molar-refractivity contribution in [3.63, 3.8) is 0 Å². The average Bonchev–Trinajstić information content (AvgIpc) is 2.61. The van der Waals surface area contributed by atoms with Crippen molar-refractivity contribution >= 4 is 0 Å². The third-order valence-electron chi connectivity index (χ3n) is 3.60. The molecule has 0 aliphatic rings. The van der Waals surface area contributed by atoms with Crippen molar-refractivity contribution < 1.29 is 14.6 Å². The van der Waals surface area contributed by atoms with E-state index in [1.54, 1.807) is 7.11 Å². The highest BCUT2D eigenvalue weighted by molar-refractivity contribution is 5.32. The van der Waals surface area contributed by atoms with Crippen LogP contribution in [0.25, 0.3) is 0 Å². The van der Waals surface area contributed by atoms with Gasteiger partial charge in [0.25, 0.3) is 0 Å². The van der Waals surface area contributed by atoms with Crippen LogP contribution in [0.5, 0.6) is 5.75 Å². The van der Waals surface area contributed by atoms with Crippen molar-refractivity contribution in [2.45, 2.75) is 25.0 Å². The predicted molar refractivity (Wildman–Crippen MR) is 88.1 cm³/mol. The predicted octanol–water partition coefficient (Wildman–Crippen LogP) is 3.27.